The Morgan fingerprint density at radius 1 is 1.15 bits per heavy atom. The summed E-state index contributed by atoms with van der Waals surface area (Å²) in [6.07, 6.45) is 1.67. The van der Waals surface area contributed by atoms with Crippen LogP contribution < -0.4 is 5.73 Å². The molecule has 0 unspecified atom stereocenters. The van der Waals surface area contributed by atoms with E-state index in [-0.39, 0.29) is 5.82 Å². The van der Waals surface area contributed by atoms with Crippen molar-refractivity contribution in [2.45, 2.75) is 6.92 Å². The molecule has 4 heteroatoms. The fourth-order valence-corrected chi connectivity index (χ4v) is 2.25. The largest absolute Gasteiger partial charge is 0.383 e. The van der Waals surface area contributed by atoms with Gasteiger partial charge in [-0.25, -0.2) is 9.97 Å². The molecule has 0 aliphatic heterocycles. The summed E-state index contributed by atoms with van der Waals surface area (Å²) in [5.41, 5.74) is 9.75. The van der Waals surface area contributed by atoms with Crippen molar-refractivity contribution in [1.82, 2.24) is 9.97 Å². The van der Waals surface area contributed by atoms with Crippen molar-refractivity contribution < 1.29 is 0 Å². The number of fused-ring (bicyclic) bond motifs is 1. The number of nitriles is 1. The van der Waals surface area contributed by atoms with Crippen LogP contribution in [-0.4, -0.2) is 9.97 Å². The molecule has 0 saturated heterocycles. The van der Waals surface area contributed by atoms with Gasteiger partial charge in [-0.3, -0.25) is 0 Å². The number of hydrogen-bond donors (Lipinski definition) is 1. The van der Waals surface area contributed by atoms with Gasteiger partial charge >= 0.3 is 0 Å². The van der Waals surface area contributed by atoms with Crippen LogP contribution in [0.15, 0.2) is 42.6 Å². The lowest BCUT2D eigenvalue weighted by atomic mass is 9.97. The Labute approximate surface area is 116 Å². The van der Waals surface area contributed by atoms with Gasteiger partial charge in [-0.05, 0) is 24.6 Å². The Kier molecular flexibility index (Phi) is 2.81. The lowest BCUT2D eigenvalue weighted by molar-refractivity contribution is 1.28. The monoisotopic (exact) mass is 260 g/mol. The zero-order valence-corrected chi connectivity index (χ0v) is 11.0. The van der Waals surface area contributed by atoms with Gasteiger partial charge in [0.05, 0.1) is 0 Å². The molecule has 2 heterocycles. The lowest BCUT2D eigenvalue weighted by Crippen LogP contribution is -2.00. The van der Waals surface area contributed by atoms with Crippen LogP contribution in [0.5, 0.6) is 0 Å². The van der Waals surface area contributed by atoms with Crippen molar-refractivity contribution >= 4 is 16.9 Å². The maximum absolute atomic E-state index is 9.38. The highest BCUT2D eigenvalue weighted by molar-refractivity contribution is 5.98. The molecule has 0 spiro atoms. The van der Waals surface area contributed by atoms with Gasteiger partial charge in [0.15, 0.2) is 5.65 Å². The number of aromatic nitrogens is 2. The molecule has 0 atom stereocenters. The molecule has 3 rings (SSSR count). The van der Waals surface area contributed by atoms with Gasteiger partial charge in [-0.2, -0.15) is 5.26 Å². The van der Waals surface area contributed by atoms with E-state index in [1.54, 1.807) is 6.20 Å². The number of nitrogens with two attached hydrogens (primary N) is 1. The molecule has 20 heavy (non-hydrogen) atoms. The molecular weight excluding hydrogens is 248 g/mol. The SMILES string of the molecule is Cc1ccc(-c2c(C#N)c(N)nc3ncccc23)cc1. The first-order valence-electron chi connectivity index (χ1n) is 6.22. The predicted molar refractivity (Wildman–Crippen MR) is 78.8 cm³/mol. The summed E-state index contributed by atoms with van der Waals surface area (Å²) in [6, 6.07) is 13.9. The third-order valence-electron chi connectivity index (χ3n) is 3.24. The number of nitrogen functional groups attached to an aromatic ring is 1. The second-order valence-electron chi connectivity index (χ2n) is 4.60. The van der Waals surface area contributed by atoms with Crippen molar-refractivity contribution in [1.29, 1.82) is 5.26 Å². The van der Waals surface area contributed by atoms with E-state index in [2.05, 4.69) is 16.0 Å². The van der Waals surface area contributed by atoms with Gasteiger partial charge in [-0.1, -0.05) is 29.8 Å². The number of benzene rings is 1. The van der Waals surface area contributed by atoms with Gasteiger partial charge in [0.2, 0.25) is 0 Å². The van der Waals surface area contributed by atoms with Gasteiger partial charge in [0.1, 0.15) is 17.5 Å². The van der Waals surface area contributed by atoms with Crippen LogP contribution >= 0.6 is 0 Å². The molecule has 0 aliphatic rings. The maximum atomic E-state index is 9.38. The third-order valence-corrected chi connectivity index (χ3v) is 3.24. The van der Waals surface area contributed by atoms with E-state index in [0.29, 0.717) is 11.2 Å². The van der Waals surface area contributed by atoms with E-state index in [1.807, 2.05) is 43.3 Å². The van der Waals surface area contributed by atoms with Crippen LogP contribution in [0.1, 0.15) is 11.1 Å². The molecule has 0 aliphatic carbocycles. The highest BCUT2D eigenvalue weighted by atomic mass is 14.9. The average Bonchev–Trinajstić information content (AvgIpc) is 2.47. The minimum atomic E-state index is 0.217. The molecule has 1 aromatic carbocycles. The Bertz CT molecular complexity index is 829. The Balaban J connectivity index is 2.43. The van der Waals surface area contributed by atoms with E-state index < -0.39 is 0 Å². The van der Waals surface area contributed by atoms with Gasteiger partial charge in [0, 0.05) is 17.1 Å². The van der Waals surface area contributed by atoms with Crippen LogP contribution in [0.3, 0.4) is 0 Å². The van der Waals surface area contributed by atoms with Crippen molar-refractivity contribution in [2.24, 2.45) is 0 Å². The number of anilines is 1. The molecule has 0 amide bonds. The van der Waals surface area contributed by atoms with E-state index >= 15 is 0 Å². The fourth-order valence-electron chi connectivity index (χ4n) is 2.25. The first kappa shape index (κ1) is 12.1. The van der Waals surface area contributed by atoms with Crippen molar-refractivity contribution in [2.75, 3.05) is 5.73 Å². The fraction of sp³-hybridized carbons (Fsp3) is 0.0625. The zero-order valence-electron chi connectivity index (χ0n) is 11.0. The highest BCUT2D eigenvalue weighted by Crippen LogP contribution is 2.32. The van der Waals surface area contributed by atoms with Crippen molar-refractivity contribution in [3.8, 4) is 17.2 Å². The first-order chi connectivity index (χ1) is 9.70. The molecule has 2 aromatic heterocycles. The molecule has 96 valence electrons. The Hall–Kier alpha value is -2.93. The normalized spacial score (nSPS) is 10.4. The average molecular weight is 260 g/mol. The Morgan fingerprint density at radius 2 is 1.90 bits per heavy atom. The molecule has 2 N–H and O–H groups in total. The summed E-state index contributed by atoms with van der Waals surface area (Å²) in [5.74, 6) is 0.217. The van der Waals surface area contributed by atoms with Crippen LogP contribution in [0, 0.1) is 18.3 Å². The van der Waals surface area contributed by atoms with E-state index in [4.69, 9.17) is 5.73 Å². The number of hydrogen-bond acceptors (Lipinski definition) is 4. The number of nitrogens with zero attached hydrogens (tertiary/aromatic N) is 3. The number of aryl methyl sites for hydroxylation is 1. The standard InChI is InChI=1S/C16H12N4/c1-10-4-6-11(7-5-10)14-12-3-2-8-19-16(12)20-15(18)13(14)9-17/h2-8H,1H3,(H2,18,19,20). The molecule has 0 radical (unpaired) electrons. The smallest absolute Gasteiger partial charge is 0.162 e. The second-order valence-corrected chi connectivity index (χ2v) is 4.60. The lowest BCUT2D eigenvalue weighted by Gasteiger charge is -2.10. The van der Waals surface area contributed by atoms with Crippen LogP contribution in [0.4, 0.5) is 5.82 Å². The quantitative estimate of drug-likeness (QED) is 0.729. The first-order valence-corrected chi connectivity index (χ1v) is 6.22. The number of pyridine rings is 2. The van der Waals surface area contributed by atoms with Crippen LogP contribution in [0.2, 0.25) is 0 Å². The minimum absolute atomic E-state index is 0.217. The summed E-state index contributed by atoms with van der Waals surface area (Å²) in [7, 11) is 0. The maximum Gasteiger partial charge on any atom is 0.162 e. The van der Waals surface area contributed by atoms with Crippen LogP contribution in [0.25, 0.3) is 22.2 Å². The van der Waals surface area contributed by atoms with E-state index in [1.165, 1.54) is 0 Å². The second kappa shape index (κ2) is 4.63. The van der Waals surface area contributed by atoms with E-state index in [9.17, 15) is 5.26 Å². The topological polar surface area (TPSA) is 75.6 Å². The summed E-state index contributed by atoms with van der Waals surface area (Å²) >= 11 is 0. The summed E-state index contributed by atoms with van der Waals surface area (Å²) < 4.78 is 0. The van der Waals surface area contributed by atoms with Crippen LogP contribution in [-0.2, 0) is 0 Å². The van der Waals surface area contributed by atoms with E-state index in [0.717, 1.165) is 22.1 Å². The third kappa shape index (κ3) is 1.86. The van der Waals surface area contributed by atoms with Crippen molar-refractivity contribution in [3.63, 3.8) is 0 Å². The molecule has 3 aromatic rings. The molecule has 4 nitrogen and oxygen atoms in total. The molecular formula is C16H12N4. The molecule has 0 fully saturated rings. The highest BCUT2D eigenvalue weighted by Gasteiger charge is 2.15. The predicted octanol–water partition coefficient (Wildman–Crippen LogP) is 3.06. The summed E-state index contributed by atoms with van der Waals surface area (Å²) in [5, 5.41) is 10.2. The minimum Gasteiger partial charge on any atom is -0.383 e. The molecule has 0 saturated carbocycles. The zero-order chi connectivity index (χ0) is 14.1. The molecule has 0 bridgehead atoms. The van der Waals surface area contributed by atoms with Crippen molar-refractivity contribution in [3.05, 3.63) is 53.7 Å². The Morgan fingerprint density at radius 3 is 2.60 bits per heavy atom. The van der Waals surface area contributed by atoms with Gasteiger partial charge < -0.3 is 5.73 Å². The van der Waals surface area contributed by atoms with Gasteiger partial charge in [-0.15, -0.1) is 0 Å². The number of rotatable bonds is 1. The van der Waals surface area contributed by atoms with Gasteiger partial charge in [0.25, 0.3) is 0 Å². The summed E-state index contributed by atoms with van der Waals surface area (Å²) in [6.45, 7) is 2.02. The summed E-state index contributed by atoms with van der Waals surface area (Å²) in [4.78, 5) is 8.41.